The summed E-state index contributed by atoms with van der Waals surface area (Å²) in [6, 6.07) is 2.80. The van der Waals surface area contributed by atoms with Crippen LogP contribution in [-0.2, 0) is 16.1 Å². The van der Waals surface area contributed by atoms with Gasteiger partial charge in [0.15, 0.2) is 0 Å². The molecule has 0 amide bonds. The quantitative estimate of drug-likeness (QED) is 0.475. The van der Waals surface area contributed by atoms with Crippen LogP contribution >= 0.6 is 0 Å². The van der Waals surface area contributed by atoms with E-state index in [0.717, 1.165) is 6.07 Å². The number of nitrogens with zero attached hydrogens (tertiary/aromatic N) is 1. The minimum Gasteiger partial charge on any atom is -0.468 e. The molecule has 7 heteroatoms. The smallest absolute Gasteiger partial charge is 0.322 e. The molecule has 1 aromatic rings. The van der Waals surface area contributed by atoms with Crippen LogP contribution in [0, 0.1) is 21.8 Å². The van der Waals surface area contributed by atoms with Crippen LogP contribution in [0.4, 0.5) is 10.1 Å². The molecule has 0 spiro atoms. The predicted molar refractivity (Wildman–Crippen MR) is 75.2 cm³/mol. The normalized spacial score (nSPS) is 12.2. The van der Waals surface area contributed by atoms with E-state index in [-0.39, 0.29) is 18.2 Å². The monoisotopic (exact) mass is 298 g/mol. The second-order valence-corrected chi connectivity index (χ2v) is 5.16. The number of carbonyl (C=O) groups excluding carboxylic acids is 1. The average molecular weight is 298 g/mol. The van der Waals surface area contributed by atoms with Gasteiger partial charge < -0.3 is 10.1 Å². The number of non-ortho nitro benzene ring substituents is 1. The van der Waals surface area contributed by atoms with Crippen molar-refractivity contribution in [3.8, 4) is 0 Å². The van der Waals surface area contributed by atoms with E-state index in [1.54, 1.807) is 0 Å². The van der Waals surface area contributed by atoms with E-state index >= 15 is 0 Å². The van der Waals surface area contributed by atoms with Gasteiger partial charge in [0, 0.05) is 12.6 Å². The zero-order valence-corrected chi connectivity index (χ0v) is 12.3. The Morgan fingerprint density at radius 1 is 1.43 bits per heavy atom. The summed E-state index contributed by atoms with van der Waals surface area (Å²) in [5.74, 6) is -0.822. The first-order valence-electron chi connectivity index (χ1n) is 6.58. The second kappa shape index (κ2) is 7.68. The Labute approximate surface area is 122 Å². The van der Waals surface area contributed by atoms with Crippen LogP contribution in [0.5, 0.6) is 0 Å². The van der Waals surface area contributed by atoms with Crippen LogP contribution < -0.4 is 5.32 Å². The Kier molecular flexibility index (Phi) is 6.23. The van der Waals surface area contributed by atoms with Crippen molar-refractivity contribution in [1.29, 1.82) is 0 Å². The van der Waals surface area contributed by atoms with Crippen molar-refractivity contribution in [3.05, 3.63) is 39.7 Å². The molecule has 6 nitrogen and oxygen atoms in total. The van der Waals surface area contributed by atoms with Crippen LogP contribution in [0.3, 0.4) is 0 Å². The standard InChI is InChI=1S/C14H19FN2O4/c1-9(2)4-13(14(18)21-3)16-8-10-5-11(15)7-12(6-10)17(19)20/h5-7,9,13,16H,4,8H2,1-3H3. The van der Waals surface area contributed by atoms with Crippen molar-refractivity contribution in [2.75, 3.05) is 7.11 Å². The lowest BCUT2D eigenvalue weighted by Gasteiger charge is -2.18. The summed E-state index contributed by atoms with van der Waals surface area (Å²) in [4.78, 5) is 21.7. The summed E-state index contributed by atoms with van der Waals surface area (Å²) in [5, 5.41) is 13.6. The maximum Gasteiger partial charge on any atom is 0.322 e. The number of ether oxygens (including phenoxy) is 1. The Morgan fingerprint density at radius 3 is 2.62 bits per heavy atom. The van der Waals surface area contributed by atoms with Crippen molar-refractivity contribution >= 4 is 11.7 Å². The third-order valence-corrected chi connectivity index (χ3v) is 2.90. The van der Waals surface area contributed by atoms with Crippen LogP contribution in [0.25, 0.3) is 0 Å². The summed E-state index contributed by atoms with van der Waals surface area (Å²) in [7, 11) is 1.30. The van der Waals surface area contributed by atoms with Crippen LogP contribution in [-0.4, -0.2) is 24.0 Å². The lowest BCUT2D eigenvalue weighted by molar-refractivity contribution is -0.385. The number of rotatable bonds is 7. The number of nitro groups is 1. The molecule has 0 heterocycles. The van der Waals surface area contributed by atoms with Crippen LogP contribution in [0.2, 0.25) is 0 Å². The topological polar surface area (TPSA) is 81.5 Å². The van der Waals surface area contributed by atoms with Crippen LogP contribution in [0.15, 0.2) is 18.2 Å². The fourth-order valence-electron chi connectivity index (χ4n) is 1.96. The van der Waals surface area contributed by atoms with Gasteiger partial charge >= 0.3 is 5.97 Å². The fraction of sp³-hybridized carbons (Fsp3) is 0.500. The van der Waals surface area contributed by atoms with Gasteiger partial charge in [-0.2, -0.15) is 0 Å². The highest BCUT2D eigenvalue weighted by Crippen LogP contribution is 2.16. The Hall–Kier alpha value is -2.02. The van der Waals surface area contributed by atoms with Gasteiger partial charge in [-0.1, -0.05) is 13.8 Å². The van der Waals surface area contributed by atoms with Gasteiger partial charge in [0.05, 0.1) is 18.1 Å². The van der Waals surface area contributed by atoms with Gasteiger partial charge in [-0.3, -0.25) is 14.9 Å². The molecule has 0 bridgehead atoms. The Bertz CT molecular complexity index is 520. The van der Waals surface area contributed by atoms with Crippen molar-refractivity contribution < 1.29 is 18.8 Å². The fourth-order valence-corrected chi connectivity index (χ4v) is 1.96. The molecule has 21 heavy (non-hydrogen) atoms. The van der Waals surface area contributed by atoms with Crippen molar-refractivity contribution in [1.82, 2.24) is 5.32 Å². The van der Waals surface area contributed by atoms with E-state index in [0.29, 0.717) is 12.0 Å². The van der Waals surface area contributed by atoms with Gasteiger partial charge in [-0.25, -0.2) is 4.39 Å². The summed E-state index contributed by atoms with van der Waals surface area (Å²) in [6.07, 6.45) is 0.560. The highest BCUT2D eigenvalue weighted by molar-refractivity contribution is 5.75. The summed E-state index contributed by atoms with van der Waals surface area (Å²) < 4.78 is 18.0. The van der Waals surface area contributed by atoms with Gasteiger partial charge in [0.2, 0.25) is 0 Å². The minimum absolute atomic E-state index is 0.144. The highest BCUT2D eigenvalue weighted by Gasteiger charge is 2.20. The molecule has 0 radical (unpaired) electrons. The Morgan fingerprint density at radius 2 is 2.10 bits per heavy atom. The summed E-state index contributed by atoms with van der Waals surface area (Å²) in [5.41, 5.74) is 0.0876. The van der Waals surface area contributed by atoms with Gasteiger partial charge in [-0.15, -0.1) is 0 Å². The zero-order valence-electron chi connectivity index (χ0n) is 12.3. The molecule has 1 rings (SSSR count). The van der Waals surface area contributed by atoms with Crippen LogP contribution in [0.1, 0.15) is 25.8 Å². The van der Waals surface area contributed by atoms with Gasteiger partial charge in [0.1, 0.15) is 11.9 Å². The van der Waals surface area contributed by atoms with E-state index < -0.39 is 22.8 Å². The molecule has 1 N–H and O–H groups in total. The van der Waals surface area contributed by atoms with E-state index in [9.17, 15) is 19.3 Å². The number of esters is 1. The third kappa shape index (κ3) is 5.47. The summed E-state index contributed by atoms with van der Waals surface area (Å²) in [6.45, 7) is 4.07. The summed E-state index contributed by atoms with van der Waals surface area (Å²) >= 11 is 0. The molecular weight excluding hydrogens is 279 g/mol. The molecule has 1 aromatic carbocycles. The second-order valence-electron chi connectivity index (χ2n) is 5.16. The van der Waals surface area contributed by atoms with Crippen molar-refractivity contribution in [3.63, 3.8) is 0 Å². The van der Waals surface area contributed by atoms with Crippen molar-refractivity contribution in [2.24, 2.45) is 5.92 Å². The molecule has 0 fully saturated rings. The highest BCUT2D eigenvalue weighted by atomic mass is 19.1. The largest absolute Gasteiger partial charge is 0.468 e. The molecule has 1 atom stereocenters. The molecule has 116 valence electrons. The molecule has 0 saturated carbocycles. The number of methoxy groups -OCH3 is 1. The number of benzene rings is 1. The first-order valence-corrected chi connectivity index (χ1v) is 6.58. The first kappa shape index (κ1) is 17.0. The number of nitrogens with one attached hydrogen (secondary N) is 1. The number of hydrogen-bond donors (Lipinski definition) is 1. The van der Waals surface area contributed by atoms with Gasteiger partial charge in [0.25, 0.3) is 5.69 Å². The molecule has 1 unspecified atom stereocenters. The molecule has 0 aliphatic rings. The maximum atomic E-state index is 13.3. The average Bonchev–Trinajstić information content (AvgIpc) is 2.41. The van der Waals surface area contributed by atoms with E-state index in [1.165, 1.54) is 19.2 Å². The molecule has 0 saturated heterocycles. The number of carbonyl (C=O) groups is 1. The first-order chi connectivity index (χ1) is 9.83. The van der Waals surface area contributed by atoms with Gasteiger partial charge in [-0.05, 0) is 24.0 Å². The van der Waals surface area contributed by atoms with E-state index in [2.05, 4.69) is 5.32 Å². The van der Waals surface area contributed by atoms with Crippen molar-refractivity contribution in [2.45, 2.75) is 32.9 Å². The number of nitro benzene ring substituents is 1. The molecular formula is C14H19FN2O4. The lowest BCUT2D eigenvalue weighted by Crippen LogP contribution is -2.38. The Balaban J connectivity index is 2.79. The number of halogens is 1. The SMILES string of the molecule is COC(=O)C(CC(C)C)NCc1cc(F)cc([N+](=O)[O-])c1. The predicted octanol–water partition coefficient (Wildman–Crippen LogP) is 2.41. The minimum atomic E-state index is -0.681. The van der Waals surface area contributed by atoms with E-state index in [1.807, 2.05) is 13.8 Å². The zero-order chi connectivity index (χ0) is 16.0. The number of hydrogen-bond acceptors (Lipinski definition) is 5. The lowest BCUT2D eigenvalue weighted by atomic mass is 10.0. The molecule has 0 aliphatic heterocycles. The maximum absolute atomic E-state index is 13.3. The molecule has 0 aliphatic carbocycles. The molecule has 0 aromatic heterocycles. The van der Waals surface area contributed by atoms with E-state index in [4.69, 9.17) is 4.74 Å². The third-order valence-electron chi connectivity index (χ3n) is 2.90.